The molecule has 0 atom stereocenters. The summed E-state index contributed by atoms with van der Waals surface area (Å²) in [6.07, 6.45) is 7.89. The van der Waals surface area contributed by atoms with Gasteiger partial charge in [-0.3, -0.25) is 10.1 Å². The topological polar surface area (TPSA) is 69.2 Å². The molecule has 0 amide bonds. The fourth-order valence-electron chi connectivity index (χ4n) is 2.75. The molecule has 1 fully saturated rings. The van der Waals surface area contributed by atoms with Crippen molar-refractivity contribution >= 4 is 5.69 Å². The van der Waals surface area contributed by atoms with Gasteiger partial charge in [0.1, 0.15) is 0 Å². The van der Waals surface area contributed by atoms with Gasteiger partial charge in [-0.2, -0.15) is 0 Å². The molecule has 1 aliphatic rings. The average Bonchev–Trinajstić information content (AvgIpc) is 2.55. The Morgan fingerprint density at radius 1 is 1.11 bits per heavy atom. The number of nitro benzene ring substituents is 1. The van der Waals surface area contributed by atoms with Crippen molar-refractivity contribution in [2.45, 2.75) is 50.5 Å². The quantitative estimate of drug-likeness (QED) is 0.507. The van der Waals surface area contributed by atoms with Gasteiger partial charge in [-0.1, -0.05) is 37.8 Å². The SMILES string of the molecule is NC1(Cc2ccc([N+](=O)[O-])cc2)CCCCCC1. The normalized spacial score (nSPS) is 19.2. The van der Waals surface area contributed by atoms with Gasteiger partial charge >= 0.3 is 0 Å². The van der Waals surface area contributed by atoms with E-state index in [0.717, 1.165) is 24.8 Å². The van der Waals surface area contributed by atoms with E-state index in [1.807, 2.05) is 12.1 Å². The van der Waals surface area contributed by atoms with Gasteiger partial charge in [-0.25, -0.2) is 0 Å². The summed E-state index contributed by atoms with van der Waals surface area (Å²) in [6, 6.07) is 6.79. The molecule has 0 heterocycles. The van der Waals surface area contributed by atoms with Crippen LogP contribution in [0.3, 0.4) is 0 Å². The molecule has 98 valence electrons. The predicted octanol–water partition coefficient (Wildman–Crippen LogP) is 3.19. The third kappa shape index (κ3) is 3.29. The molecule has 4 nitrogen and oxygen atoms in total. The summed E-state index contributed by atoms with van der Waals surface area (Å²) < 4.78 is 0. The molecule has 0 bridgehead atoms. The van der Waals surface area contributed by atoms with Gasteiger partial charge < -0.3 is 5.73 Å². The van der Waals surface area contributed by atoms with Crippen molar-refractivity contribution in [3.8, 4) is 0 Å². The average molecular weight is 248 g/mol. The van der Waals surface area contributed by atoms with Crippen LogP contribution >= 0.6 is 0 Å². The maximum absolute atomic E-state index is 10.6. The van der Waals surface area contributed by atoms with E-state index in [1.54, 1.807) is 12.1 Å². The van der Waals surface area contributed by atoms with Crippen molar-refractivity contribution in [2.75, 3.05) is 0 Å². The molecule has 0 unspecified atom stereocenters. The zero-order chi connectivity index (χ0) is 13.0. The zero-order valence-electron chi connectivity index (χ0n) is 10.6. The first kappa shape index (κ1) is 13.0. The number of hydrogen-bond donors (Lipinski definition) is 1. The fraction of sp³-hybridized carbons (Fsp3) is 0.571. The standard InChI is InChI=1S/C14H20N2O2/c15-14(9-3-1-2-4-10-14)11-12-5-7-13(8-6-12)16(17)18/h5-8H,1-4,9-11,15H2. The highest BCUT2D eigenvalue weighted by Crippen LogP contribution is 2.28. The number of hydrogen-bond acceptors (Lipinski definition) is 3. The molecule has 2 rings (SSSR count). The minimum Gasteiger partial charge on any atom is -0.325 e. The van der Waals surface area contributed by atoms with Crippen molar-refractivity contribution in [3.63, 3.8) is 0 Å². The van der Waals surface area contributed by atoms with E-state index in [1.165, 1.54) is 25.7 Å². The Balaban J connectivity index is 2.05. The van der Waals surface area contributed by atoms with Gasteiger partial charge in [0.2, 0.25) is 0 Å². The van der Waals surface area contributed by atoms with Crippen LogP contribution in [-0.4, -0.2) is 10.5 Å². The highest BCUT2D eigenvalue weighted by Gasteiger charge is 2.26. The van der Waals surface area contributed by atoms with E-state index < -0.39 is 0 Å². The Kier molecular flexibility index (Phi) is 3.97. The number of rotatable bonds is 3. The number of nitrogens with two attached hydrogens (primary N) is 1. The summed E-state index contributed by atoms with van der Waals surface area (Å²) in [6.45, 7) is 0. The minimum atomic E-state index is -0.367. The summed E-state index contributed by atoms with van der Waals surface area (Å²) in [4.78, 5) is 10.2. The summed E-state index contributed by atoms with van der Waals surface area (Å²) in [7, 11) is 0. The first-order valence-electron chi connectivity index (χ1n) is 6.61. The van der Waals surface area contributed by atoms with Crippen LogP contribution in [0.1, 0.15) is 44.1 Å². The molecular formula is C14H20N2O2. The highest BCUT2D eigenvalue weighted by atomic mass is 16.6. The molecule has 0 saturated heterocycles. The van der Waals surface area contributed by atoms with E-state index >= 15 is 0 Å². The third-order valence-electron chi connectivity index (χ3n) is 3.80. The van der Waals surface area contributed by atoms with Crippen molar-refractivity contribution in [3.05, 3.63) is 39.9 Å². The van der Waals surface area contributed by atoms with Crippen LogP contribution < -0.4 is 5.73 Å². The van der Waals surface area contributed by atoms with Crippen molar-refractivity contribution in [2.24, 2.45) is 5.73 Å². The number of non-ortho nitro benzene ring substituents is 1. The molecule has 1 saturated carbocycles. The lowest BCUT2D eigenvalue weighted by Gasteiger charge is -2.28. The van der Waals surface area contributed by atoms with Crippen LogP contribution in [-0.2, 0) is 6.42 Å². The molecule has 0 aliphatic heterocycles. The van der Waals surface area contributed by atoms with Crippen LogP contribution in [0, 0.1) is 10.1 Å². The van der Waals surface area contributed by atoms with Crippen molar-refractivity contribution in [1.29, 1.82) is 0 Å². The molecule has 2 N–H and O–H groups in total. The Bertz CT molecular complexity index is 406. The van der Waals surface area contributed by atoms with Crippen LogP contribution in [0.4, 0.5) is 5.69 Å². The second-order valence-electron chi connectivity index (χ2n) is 5.38. The second kappa shape index (κ2) is 5.48. The van der Waals surface area contributed by atoms with Crippen LogP contribution in [0.5, 0.6) is 0 Å². The Labute approximate surface area is 107 Å². The number of nitro groups is 1. The first-order chi connectivity index (χ1) is 8.59. The molecule has 4 heteroatoms. The van der Waals surface area contributed by atoms with E-state index in [9.17, 15) is 10.1 Å². The molecule has 0 radical (unpaired) electrons. The lowest BCUT2D eigenvalue weighted by atomic mass is 9.85. The lowest BCUT2D eigenvalue weighted by molar-refractivity contribution is -0.384. The molecule has 1 aromatic rings. The molecule has 0 spiro atoms. The maximum atomic E-state index is 10.6. The van der Waals surface area contributed by atoms with Crippen molar-refractivity contribution < 1.29 is 4.92 Å². The molecule has 1 aromatic carbocycles. The Hall–Kier alpha value is -1.42. The Morgan fingerprint density at radius 2 is 1.67 bits per heavy atom. The van der Waals surface area contributed by atoms with Crippen molar-refractivity contribution in [1.82, 2.24) is 0 Å². The first-order valence-corrected chi connectivity index (χ1v) is 6.61. The minimum absolute atomic E-state index is 0.118. The summed E-state index contributed by atoms with van der Waals surface area (Å²) in [5, 5.41) is 10.6. The molecule has 0 aromatic heterocycles. The van der Waals surface area contributed by atoms with E-state index in [-0.39, 0.29) is 16.1 Å². The monoisotopic (exact) mass is 248 g/mol. The van der Waals surface area contributed by atoms with E-state index in [4.69, 9.17) is 5.73 Å². The Morgan fingerprint density at radius 3 is 2.17 bits per heavy atom. The van der Waals surface area contributed by atoms with Gasteiger partial charge in [0, 0.05) is 17.7 Å². The smallest absolute Gasteiger partial charge is 0.269 e. The maximum Gasteiger partial charge on any atom is 0.269 e. The van der Waals surface area contributed by atoms with E-state index in [2.05, 4.69) is 0 Å². The van der Waals surface area contributed by atoms with Crippen LogP contribution in [0.15, 0.2) is 24.3 Å². The van der Waals surface area contributed by atoms with Gasteiger partial charge in [-0.15, -0.1) is 0 Å². The van der Waals surface area contributed by atoms with Gasteiger partial charge in [0.05, 0.1) is 4.92 Å². The zero-order valence-corrected chi connectivity index (χ0v) is 10.6. The van der Waals surface area contributed by atoms with Crippen LogP contribution in [0.2, 0.25) is 0 Å². The van der Waals surface area contributed by atoms with E-state index in [0.29, 0.717) is 0 Å². The third-order valence-corrected chi connectivity index (χ3v) is 3.80. The summed E-state index contributed by atoms with van der Waals surface area (Å²) in [5.74, 6) is 0. The fourth-order valence-corrected chi connectivity index (χ4v) is 2.75. The number of nitrogens with zero attached hydrogens (tertiary/aromatic N) is 1. The predicted molar refractivity (Wildman–Crippen MR) is 71.4 cm³/mol. The van der Waals surface area contributed by atoms with Gasteiger partial charge in [0.15, 0.2) is 0 Å². The summed E-state index contributed by atoms with van der Waals surface area (Å²) >= 11 is 0. The second-order valence-corrected chi connectivity index (χ2v) is 5.38. The van der Waals surface area contributed by atoms with Crippen LogP contribution in [0.25, 0.3) is 0 Å². The molecule has 1 aliphatic carbocycles. The molecular weight excluding hydrogens is 228 g/mol. The summed E-state index contributed by atoms with van der Waals surface area (Å²) in [5.41, 5.74) is 7.58. The van der Waals surface area contributed by atoms with Gasteiger partial charge in [0.25, 0.3) is 5.69 Å². The highest BCUT2D eigenvalue weighted by molar-refractivity contribution is 5.33. The largest absolute Gasteiger partial charge is 0.325 e. The number of benzene rings is 1. The molecule has 18 heavy (non-hydrogen) atoms. The van der Waals surface area contributed by atoms with Gasteiger partial charge in [-0.05, 0) is 24.8 Å². The lowest BCUT2D eigenvalue weighted by Crippen LogP contribution is -2.41.